The number of nitrogens with zero attached hydrogens (tertiary/aromatic N) is 3. The molecular formula is C16H22FN3O. The smallest absolute Gasteiger partial charge is 0.137 e. The molecule has 0 saturated carbocycles. The van der Waals surface area contributed by atoms with Crippen LogP contribution < -0.4 is 0 Å². The second-order valence-corrected chi connectivity index (χ2v) is 6.62. The van der Waals surface area contributed by atoms with Gasteiger partial charge in [0, 0.05) is 0 Å². The van der Waals surface area contributed by atoms with Gasteiger partial charge >= 0.3 is 0 Å². The highest BCUT2D eigenvalue weighted by Gasteiger charge is 2.43. The maximum absolute atomic E-state index is 13.0. The van der Waals surface area contributed by atoms with Crippen LogP contribution in [0.1, 0.15) is 39.3 Å². The van der Waals surface area contributed by atoms with Crippen LogP contribution in [0.3, 0.4) is 0 Å². The Labute approximate surface area is 124 Å². The molecule has 0 spiro atoms. The van der Waals surface area contributed by atoms with Crippen molar-refractivity contribution in [3.63, 3.8) is 0 Å². The quantitative estimate of drug-likeness (QED) is 0.942. The van der Waals surface area contributed by atoms with Gasteiger partial charge in [-0.1, -0.05) is 32.9 Å². The first kappa shape index (κ1) is 15.6. The summed E-state index contributed by atoms with van der Waals surface area (Å²) in [6.45, 7) is 7.77. The van der Waals surface area contributed by atoms with Gasteiger partial charge in [-0.05, 0) is 36.5 Å². The van der Waals surface area contributed by atoms with E-state index in [-0.39, 0.29) is 17.3 Å². The van der Waals surface area contributed by atoms with Crippen molar-refractivity contribution in [1.82, 2.24) is 14.8 Å². The van der Waals surface area contributed by atoms with Gasteiger partial charge in [0.05, 0.1) is 11.6 Å². The van der Waals surface area contributed by atoms with Gasteiger partial charge in [0.2, 0.25) is 0 Å². The van der Waals surface area contributed by atoms with E-state index in [4.69, 9.17) is 0 Å². The Bertz CT molecular complexity index is 571. The largest absolute Gasteiger partial charge is 0.387 e. The van der Waals surface area contributed by atoms with E-state index in [0.717, 1.165) is 5.56 Å². The standard InChI is InChI=1S/C16H22FN3O/c1-15(2,3)16(4,21)14(20-11-18-10-19-20)9-12-5-7-13(17)8-6-12/h5-8,10-11,14,21H,9H2,1-4H3. The van der Waals surface area contributed by atoms with Gasteiger partial charge in [0.1, 0.15) is 18.5 Å². The summed E-state index contributed by atoms with van der Waals surface area (Å²) in [6, 6.07) is 6.04. The van der Waals surface area contributed by atoms with Crippen molar-refractivity contribution in [1.29, 1.82) is 0 Å². The highest BCUT2D eigenvalue weighted by molar-refractivity contribution is 5.18. The van der Waals surface area contributed by atoms with Crippen LogP contribution in [0.5, 0.6) is 0 Å². The predicted molar refractivity (Wildman–Crippen MR) is 79.2 cm³/mol. The van der Waals surface area contributed by atoms with Crippen molar-refractivity contribution in [3.05, 3.63) is 48.3 Å². The number of aliphatic hydroxyl groups is 1. The molecule has 21 heavy (non-hydrogen) atoms. The molecule has 1 aromatic carbocycles. The summed E-state index contributed by atoms with van der Waals surface area (Å²) in [4.78, 5) is 3.98. The minimum absolute atomic E-state index is 0.265. The zero-order valence-electron chi connectivity index (χ0n) is 12.9. The van der Waals surface area contributed by atoms with Gasteiger partial charge < -0.3 is 5.11 Å². The molecule has 0 amide bonds. The topological polar surface area (TPSA) is 50.9 Å². The van der Waals surface area contributed by atoms with Gasteiger partial charge in [-0.15, -0.1) is 0 Å². The second kappa shape index (κ2) is 5.56. The van der Waals surface area contributed by atoms with Crippen molar-refractivity contribution in [3.8, 4) is 0 Å². The first-order chi connectivity index (χ1) is 9.72. The maximum atomic E-state index is 13.0. The van der Waals surface area contributed by atoms with E-state index in [1.807, 2.05) is 27.7 Å². The fourth-order valence-electron chi connectivity index (χ4n) is 2.27. The Morgan fingerprint density at radius 2 is 1.81 bits per heavy atom. The lowest BCUT2D eigenvalue weighted by molar-refractivity contribution is -0.0864. The van der Waals surface area contributed by atoms with E-state index in [2.05, 4.69) is 10.1 Å². The molecule has 114 valence electrons. The Kier molecular flexibility index (Phi) is 4.14. The van der Waals surface area contributed by atoms with Crippen LogP contribution in [-0.4, -0.2) is 25.5 Å². The van der Waals surface area contributed by atoms with Gasteiger partial charge in [-0.3, -0.25) is 0 Å². The third-order valence-electron chi connectivity index (χ3n) is 4.27. The lowest BCUT2D eigenvalue weighted by Gasteiger charge is -2.43. The number of hydrogen-bond donors (Lipinski definition) is 1. The number of hydrogen-bond acceptors (Lipinski definition) is 3. The molecule has 4 nitrogen and oxygen atoms in total. The van der Waals surface area contributed by atoms with Gasteiger partial charge in [0.15, 0.2) is 0 Å². The average molecular weight is 291 g/mol. The molecule has 2 rings (SSSR count). The molecular weight excluding hydrogens is 269 g/mol. The first-order valence-corrected chi connectivity index (χ1v) is 7.03. The van der Waals surface area contributed by atoms with Crippen LogP contribution in [-0.2, 0) is 6.42 Å². The molecule has 5 heteroatoms. The van der Waals surface area contributed by atoms with E-state index < -0.39 is 5.60 Å². The lowest BCUT2D eigenvalue weighted by Crippen LogP contribution is -2.48. The van der Waals surface area contributed by atoms with Crippen molar-refractivity contribution < 1.29 is 9.50 Å². The predicted octanol–water partition coefficient (Wildman–Crippen LogP) is 3.00. The zero-order valence-corrected chi connectivity index (χ0v) is 12.9. The van der Waals surface area contributed by atoms with E-state index >= 15 is 0 Å². The molecule has 0 saturated heterocycles. The molecule has 1 N–H and O–H groups in total. The fourth-order valence-corrected chi connectivity index (χ4v) is 2.27. The molecule has 0 aliphatic rings. The maximum Gasteiger partial charge on any atom is 0.137 e. The van der Waals surface area contributed by atoms with Gasteiger partial charge in [-0.25, -0.2) is 14.1 Å². The van der Waals surface area contributed by atoms with E-state index in [1.54, 1.807) is 23.1 Å². The van der Waals surface area contributed by atoms with Crippen molar-refractivity contribution >= 4 is 0 Å². The van der Waals surface area contributed by atoms with Crippen LogP contribution in [0.4, 0.5) is 4.39 Å². The molecule has 0 aliphatic heterocycles. The summed E-state index contributed by atoms with van der Waals surface area (Å²) in [5, 5.41) is 15.2. The monoisotopic (exact) mass is 291 g/mol. The minimum atomic E-state index is -1.00. The van der Waals surface area contributed by atoms with Crippen LogP contribution in [0.15, 0.2) is 36.9 Å². The highest BCUT2D eigenvalue weighted by atomic mass is 19.1. The molecule has 1 heterocycles. The third kappa shape index (κ3) is 3.29. The number of benzene rings is 1. The van der Waals surface area contributed by atoms with Gasteiger partial charge in [0.25, 0.3) is 0 Å². The summed E-state index contributed by atoms with van der Waals surface area (Å²) in [7, 11) is 0. The molecule has 0 aliphatic carbocycles. The normalized spacial score (nSPS) is 16.5. The summed E-state index contributed by atoms with van der Waals surface area (Å²) < 4.78 is 14.7. The van der Waals surface area contributed by atoms with Crippen molar-refractivity contribution in [2.45, 2.75) is 45.8 Å². The summed E-state index contributed by atoms with van der Waals surface area (Å²) in [5.74, 6) is -0.265. The summed E-state index contributed by atoms with van der Waals surface area (Å²) in [6.07, 6.45) is 3.61. The molecule has 2 unspecified atom stereocenters. The average Bonchev–Trinajstić information content (AvgIpc) is 2.90. The Balaban J connectivity index is 2.36. The first-order valence-electron chi connectivity index (χ1n) is 7.03. The summed E-state index contributed by atoms with van der Waals surface area (Å²) in [5.41, 5.74) is -0.403. The number of halogens is 1. The van der Waals surface area contributed by atoms with Crippen LogP contribution in [0.2, 0.25) is 0 Å². The van der Waals surface area contributed by atoms with Crippen LogP contribution in [0.25, 0.3) is 0 Å². The second-order valence-electron chi connectivity index (χ2n) is 6.62. The molecule has 0 fully saturated rings. The molecule has 1 aromatic heterocycles. The third-order valence-corrected chi connectivity index (χ3v) is 4.27. The van der Waals surface area contributed by atoms with Crippen LogP contribution >= 0.6 is 0 Å². The lowest BCUT2D eigenvalue weighted by atomic mass is 9.71. The Hall–Kier alpha value is -1.75. The molecule has 2 aromatic rings. The molecule has 0 bridgehead atoms. The SMILES string of the molecule is CC(C)(C)C(C)(O)C(Cc1ccc(F)cc1)n1cncn1. The van der Waals surface area contributed by atoms with Crippen LogP contribution in [0, 0.1) is 11.2 Å². The minimum Gasteiger partial charge on any atom is -0.387 e. The fraction of sp³-hybridized carbons (Fsp3) is 0.500. The van der Waals surface area contributed by atoms with Crippen molar-refractivity contribution in [2.24, 2.45) is 5.41 Å². The van der Waals surface area contributed by atoms with E-state index in [1.165, 1.54) is 18.5 Å². The van der Waals surface area contributed by atoms with Crippen molar-refractivity contribution in [2.75, 3.05) is 0 Å². The molecule has 2 atom stereocenters. The summed E-state index contributed by atoms with van der Waals surface area (Å²) >= 11 is 0. The van der Waals surface area contributed by atoms with E-state index in [9.17, 15) is 9.50 Å². The Morgan fingerprint density at radius 3 is 2.29 bits per heavy atom. The zero-order chi connectivity index (χ0) is 15.7. The number of rotatable bonds is 4. The van der Waals surface area contributed by atoms with E-state index in [0.29, 0.717) is 6.42 Å². The molecule has 0 radical (unpaired) electrons. The number of aromatic nitrogens is 3. The van der Waals surface area contributed by atoms with Gasteiger partial charge in [-0.2, -0.15) is 5.10 Å². The Morgan fingerprint density at radius 1 is 1.19 bits per heavy atom. The highest BCUT2D eigenvalue weighted by Crippen LogP contribution is 2.40.